The Hall–Kier alpha value is -2.70. The van der Waals surface area contributed by atoms with Crippen LogP contribution in [0.4, 0.5) is 4.39 Å². The maximum Gasteiger partial charge on any atom is 0.224 e. The number of aromatic amines is 1. The fourth-order valence-electron chi connectivity index (χ4n) is 3.76. The first-order valence-corrected chi connectivity index (χ1v) is 9.59. The molecule has 0 bridgehead atoms. The summed E-state index contributed by atoms with van der Waals surface area (Å²) in [6.07, 6.45) is 2.22. The number of carbonyl (C=O) groups is 1. The SMILES string of the molecule is O=C(Cc1c[nH]c2ccccc12)NC[C@@H](c1ccc(F)cc1)N1CCOCC1. The van der Waals surface area contributed by atoms with Crippen molar-refractivity contribution in [2.24, 2.45) is 0 Å². The maximum absolute atomic E-state index is 13.3. The van der Waals surface area contributed by atoms with Crippen LogP contribution in [0.2, 0.25) is 0 Å². The summed E-state index contributed by atoms with van der Waals surface area (Å²) in [7, 11) is 0. The molecule has 0 aliphatic carbocycles. The molecular weight excluding hydrogens is 357 g/mol. The molecule has 3 aromatic rings. The summed E-state index contributed by atoms with van der Waals surface area (Å²) in [5.74, 6) is -0.280. The van der Waals surface area contributed by atoms with Gasteiger partial charge in [-0.25, -0.2) is 4.39 Å². The van der Waals surface area contributed by atoms with Gasteiger partial charge in [-0.1, -0.05) is 30.3 Å². The van der Waals surface area contributed by atoms with Crippen LogP contribution in [0.15, 0.2) is 54.7 Å². The lowest BCUT2D eigenvalue weighted by molar-refractivity contribution is -0.120. The van der Waals surface area contributed by atoms with Crippen LogP contribution < -0.4 is 5.32 Å². The van der Waals surface area contributed by atoms with Gasteiger partial charge in [0.15, 0.2) is 0 Å². The highest BCUT2D eigenvalue weighted by Gasteiger charge is 2.23. The average molecular weight is 381 g/mol. The Labute approximate surface area is 163 Å². The van der Waals surface area contributed by atoms with Crippen LogP contribution in [0.25, 0.3) is 10.9 Å². The first-order chi connectivity index (χ1) is 13.7. The number of para-hydroxylation sites is 1. The Morgan fingerprint density at radius 2 is 1.89 bits per heavy atom. The van der Waals surface area contributed by atoms with Crippen molar-refractivity contribution < 1.29 is 13.9 Å². The molecular formula is C22H24FN3O2. The third-order valence-corrected chi connectivity index (χ3v) is 5.26. The van der Waals surface area contributed by atoms with Crippen molar-refractivity contribution in [1.29, 1.82) is 0 Å². The number of benzene rings is 2. The van der Waals surface area contributed by atoms with Gasteiger partial charge >= 0.3 is 0 Å². The number of hydrogen-bond donors (Lipinski definition) is 2. The lowest BCUT2D eigenvalue weighted by Crippen LogP contribution is -2.44. The minimum absolute atomic E-state index is 0.00332. The molecule has 4 rings (SSSR count). The van der Waals surface area contributed by atoms with Crippen molar-refractivity contribution in [3.63, 3.8) is 0 Å². The molecule has 1 aliphatic rings. The van der Waals surface area contributed by atoms with E-state index in [1.165, 1.54) is 12.1 Å². The van der Waals surface area contributed by atoms with Gasteiger partial charge in [0.25, 0.3) is 0 Å². The third-order valence-electron chi connectivity index (χ3n) is 5.26. The highest BCUT2D eigenvalue weighted by Crippen LogP contribution is 2.22. The van der Waals surface area contributed by atoms with E-state index >= 15 is 0 Å². The van der Waals surface area contributed by atoms with Crippen LogP contribution in [0.5, 0.6) is 0 Å². The second-order valence-electron chi connectivity index (χ2n) is 7.06. The van der Waals surface area contributed by atoms with E-state index in [9.17, 15) is 9.18 Å². The number of H-pyrrole nitrogens is 1. The van der Waals surface area contributed by atoms with Gasteiger partial charge in [-0.3, -0.25) is 9.69 Å². The van der Waals surface area contributed by atoms with Crippen LogP contribution in [0.3, 0.4) is 0 Å². The van der Waals surface area contributed by atoms with Crippen molar-refractivity contribution in [3.8, 4) is 0 Å². The Morgan fingerprint density at radius 1 is 1.14 bits per heavy atom. The number of hydrogen-bond acceptors (Lipinski definition) is 3. The molecule has 0 spiro atoms. The molecule has 2 heterocycles. The van der Waals surface area contributed by atoms with E-state index in [1.807, 2.05) is 30.5 Å². The largest absolute Gasteiger partial charge is 0.379 e. The molecule has 0 saturated carbocycles. The Bertz CT molecular complexity index is 932. The van der Waals surface area contributed by atoms with E-state index < -0.39 is 0 Å². The third kappa shape index (κ3) is 4.24. The van der Waals surface area contributed by atoms with Crippen molar-refractivity contribution in [1.82, 2.24) is 15.2 Å². The van der Waals surface area contributed by atoms with Crippen molar-refractivity contribution in [3.05, 3.63) is 71.7 Å². The smallest absolute Gasteiger partial charge is 0.224 e. The Morgan fingerprint density at radius 3 is 2.68 bits per heavy atom. The summed E-state index contributed by atoms with van der Waals surface area (Å²) >= 11 is 0. The van der Waals surface area contributed by atoms with Gasteiger partial charge in [-0.2, -0.15) is 0 Å². The van der Waals surface area contributed by atoms with E-state index in [1.54, 1.807) is 12.1 Å². The number of fused-ring (bicyclic) bond motifs is 1. The predicted molar refractivity (Wildman–Crippen MR) is 107 cm³/mol. The van der Waals surface area contributed by atoms with Gasteiger partial charge < -0.3 is 15.0 Å². The van der Waals surface area contributed by atoms with Crippen molar-refractivity contribution in [2.75, 3.05) is 32.8 Å². The maximum atomic E-state index is 13.3. The van der Waals surface area contributed by atoms with E-state index in [2.05, 4.69) is 15.2 Å². The molecule has 1 fully saturated rings. The number of rotatable bonds is 6. The van der Waals surface area contributed by atoms with Gasteiger partial charge in [0.1, 0.15) is 5.82 Å². The number of nitrogens with one attached hydrogen (secondary N) is 2. The van der Waals surface area contributed by atoms with Crippen LogP contribution in [0, 0.1) is 5.82 Å². The highest BCUT2D eigenvalue weighted by molar-refractivity contribution is 5.88. The lowest BCUT2D eigenvalue weighted by Gasteiger charge is -2.35. The number of nitrogens with zero attached hydrogens (tertiary/aromatic N) is 1. The van der Waals surface area contributed by atoms with Crippen LogP contribution in [-0.4, -0.2) is 48.6 Å². The predicted octanol–water partition coefficient (Wildman–Crippen LogP) is 3.04. The summed E-state index contributed by atoms with van der Waals surface area (Å²) in [4.78, 5) is 18.1. The normalized spacial score (nSPS) is 16.2. The number of ether oxygens (including phenoxy) is 1. The number of carbonyl (C=O) groups excluding carboxylic acids is 1. The van der Waals surface area contributed by atoms with Crippen LogP contribution in [0.1, 0.15) is 17.2 Å². The topological polar surface area (TPSA) is 57.4 Å². The van der Waals surface area contributed by atoms with E-state index in [-0.39, 0.29) is 17.8 Å². The summed E-state index contributed by atoms with van der Waals surface area (Å²) in [5, 5.41) is 4.14. The van der Waals surface area contributed by atoms with Gasteiger partial charge in [0.2, 0.25) is 5.91 Å². The van der Waals surface area contributed by atoms with E-state index in [0.717, 1.165) is 35.1 Å². The quantitative estimate of drug-likeness (QED) is 0.690. The highest BCUT2D eigenvalue weighted by atomic mass is 19.1. The molecule has 1 aromatic heterocycles. The molecule has 146 valence electrons. The molecule has 1 atom stereocenters. The number of aromatic nitrogens is 1. The molecule has 1 saturated heterocycles. The molecule has 5 nitrogen and oxygen atoms in total. The van der Waals surface area contributed by atoms with Gasteiger partial charge in [0, 0.05) is 36.7 Å². The Kier molecular flexibility index (Phi) is 5.69. The minimum Gasteiger partial charge on any atom is -0.379 e. The van der Waals surface area contributed by atoms with E-state index in [4.69, 9.17) is 4.74 Å². The first kappa shape index (κ1) is 18.7. The van der Waals surface area contributed by atoms with Crippen molar-refractivity contribution in [2.45, 2.75) is 12.5 Å². The molecule has 0 unspecified atom stereocenters. The molecule has 28 heavy (non-hydrogen) atoms. The van der Waals surface area contributed by atoms with Gasteiger partial charge in [-0.05, 0) is 29.3 Å². The standard InChI is InChI=1S/C22H24FN3O2/c23-18-7-5-16(6-8-18)21(26-9-11-28-12-10-26)15-25-22(27)13-17-14-24-20-4-2-1-3-19(17)20/h1-8,14,21,24H,9-13,15H2,(H,25,27)/t21-/m0/s1. The Balaban J connectivity index is 1.44. The molecule has 2 aromatic carbocycles. The summed E-state index contributed by atoms with van der Waals surface area (Å²) in [6, 6.07) is 14.5. The zero-order valence-corrected chi connectivity index (χ0v) is 15.7. The monoisotopic (exact) mass is 381 g/mol. The van der Waals surface area contributed by atoms with Gasteiger partial charge in [-0.15, -0.1) is 0 Å². The molecule has 0 radical (unpaired) electrons. The van der Waals surface area contributed by atoms with Crippen LogP contribution >= 0.6 is 0 Å². The van der Waals surface area contributed by atoms with Gasteiger partial charge in [0.05, 0.1) is 25.7 Å². The fraction of sp³-hybridized carbons (Fsp3) is 0.318. The lowest BCUT2D eigenvalue weighted by atomic mass is 10.0. The van der Waals surface area contributed by atoms with E-state index in [0.29, 0.717) is 26.2 Å². The average Bonchev–Trinajstić information content (AvgIpc) is 3.13. The molecule has 2 N–H and O–H groups in total. The first-order valence-electron chi connectivity index (χ1n) is 9.59. The zero-order chi connectivity index (χ0) is 19.3. The number of morpholine rings is 1. The summed E-state index contributed by atoms with van der Waals surface area (Å²) in [5.41, 5.74) is 3.01. The van der Waals surface area contributed by atoms with Crippen molar-refractivity contribution >= 4 is 16.8 Å². The summed E-state index contributed by atoms with van der Waals surface area (Å²) in [6.45, 7) is 3.40. The van der Waals surface area contributed by atoms with Crippen LogP contribution in [-0.2, 0) is 16.0 Å². The second-order valence-corrected chi connectivity index (χ2v) is 7.06. The zero-order valence-electron chi connectivity index (χ0n) is 15.7. The fourth-order valence-corrected chi connectivity index (χ4v) is 3.76. The molecule has 6 heteroatoms. The molecule has 1 aliphatic heterocycles. The minimum atomic E-state index is -0.257. The molecule has 1 amide bonds. The number of amides is 1. The summed E-state index contributed by atoms with van der Waals surface area (Å²) < 4.78 is 18.8. The number of halogens is 1. The second kappa shape index (κ2) is 8.54.